The van der Waals surface area contributed by atoms with E-state index in [0.717, 1.165) is 19.3 Å². The van der Waals surface area contributed by atoms with Gasteiger partial charge in [0.25, 0.3) is 0 Å². The van der Waals surface area contributed by atoms with Crippen molar-refractivity contribution in [3.63, 3.8) is 0 Å². The number of hydrogen-bond donors (Lipinski definition) is 3. The molecule has 2 atom stereocenters. The third-order valence-electron chi connectivity index (χ3n) is 4.95. The number of nitrogens with two attached hydrogens (primary N) is 1. The summed E-state index contributed by atoms with van der Waals surface area (Å²) in [5.74, 6) is -2.77. The predicted molar refractivity (Wildman–Crippen MR) is 102 cm³/mol. The van der Waals surface area contributed by atoms with Gasteiger partial charge in [-0.25, -0.2) is 9.18 Å². The Morgan fingerprint density at radius 2 is 1.81 bits per heavy atom. The summed E-state index contributed by atoms with van der Waals surface area (Å²) in [6, 6.07) is 6.13. The van der Waals surface area contributed by atoms with Crippen LogP contribution >= 0.6 is 0 Å². The highest BCUT2D eigenvalue weighted by atomic mass is 19.4. The normalized spacial score (nSPS) is 19.3. The minimum absolute atomic E-state index is 0.0259. The van der Waals surface area contributed by atoms with Gasteiger partial charge in [-0.05, 0) is 37.3 Å². The Hall–Kier alpha value is -2.69. The van der Waals surface area contributed by atoms with E-state index in [1.807, 2.05) is 0 Å². The van der Waals surface area contributed by atoms with Crippen molar-refractivity contribution in [2.24, 2.45) is 11.7 Å². The number of nitrogens with zero attached hydrogens (tertiary/aromatic N) is 1. The van der Waals surface area contributed by atoms with Crippen molar-refractivity contribution in [2.45, 2.75) is 50.4 Å². The van der Waals surface area contributed by atoms with Crippen LogP contribution in [0.25, 0.3) is 0 Å². The van der Waals surface area contributed by atoms with Crippen LogP contribution in [-0.2, 0) is 20.8 Å². The molecule has 0 bridgehead atoms. The molecular formula is C20H25F4N3O4. The molecule has 4 N–H and O–H groups in total. The predicted octanol–water partition coefficient (Wildman–Crippen LogP) is 1.85. The molecule has 0 aromatic heterocycles. The molecule has 7 nitrogen and oxygen atoms in total. The number of carbonyl (C=O) groups excluding carboxylic acids is 2. The summed E-state index contributed by atoms with van der Waals surface area (Å²) in [6.07, 6.45) is -1.81. The topological polar surface area (TPSA) is 113 Å². The molecule has 11 heteroatoms. The zero-order chi connectivity index (χ0) is 23.2. The average molecular weight is 447 g/mol. The zero-order valence-electron chi connectivity index (χ0n) is 16.7. The number of amides is 2. The fourth-order valence-corrected chi connectivity index (χ4v) is 3.14. The first-order valence-corrected chi connectivity index (χ1v) is 9.84. The molecule has 2 aliphatic rings. The largest absolute Gasteiger partial charge is 0.490 e. The summed E-state index contributed by atoms with van der Waals surface area (Å²) in [5.41, 5.74) is 6.56. The lowest BCUT2D eigenvalue weighted by Gasteiger charge is -2.19. The van der Waals surface area contributed by atoms with Gasteiger partial charge in [0.2, 0.25) is 11.8 Å². The summed E-state index contributed by atoms with van der Waals surface area (Å²) < 4.78 is 45.4. The first-order valence-electron chi connectivity index (χ1n) is 9.84. The highest BCUT2D eigenvalue weighted by molar-refractivity contribution is 5.81. The monoisotopic (exact) mass is 447 g/mol. The van der Waals surface area contributed by atoms with Gasteiger partial charge in [-0.1, -0.05) is 18.2 Å². The lowest BCUT2D eigenvalue weighted by molar-refractivity contribution is -0.192. The van der Waals surface area contributed by atoms with Gasteiger partial charge in [0, 0.05) is 37.5 Å². The van der Waals surface area contributed by atoms with E-state index in [1.54, 1.807) is 23.1 Å². The molecule has 0 unspecified atom stereocenters. The van der Waals surface area contributed by atoms with E-state index in [2.05, 4.69) is 5.32 Å². The van der Waals surface area contributed by atoms with Crippen molar-refractivity contribution in [3.05, 3.63) is 35.6 Å². The average Bonchev–Trinajstić information content (AvgIpc) is 3.43. The fraction of sp³-hybridized carbons (Fsp3) is 0.550. The van der Waals surface area contributed by atoms with Crippen LogP contribution < -0.4 is 11.1 Å². The number of rotatable bonds is 6. The number of halogens is 4. The molecular weight excluding hydrogens is 422 g/mol. The molecule has 1 aliphatic heterocycles. The second kappa shape index (κ2) is 10.6. The Bertz CT molecular complexity index is 799. The maximum Gasteiger partial charge on any atom is 0.490 e. The maximum absolute atomic E-state index is 13.6. The van der Waals surface area contributed by atoms with Gasteiger partial charge in [0.1, 0.15) is 5.82 Å². The Kier molecular flexibility index (Phi) is 8.37. The van der Waals surface area contributed by atoms with Gasteiger partial charge in [0.05, 0.1) is 0 Å². The van der Waals surface area contributed by atoms with Crippen LogP contribution in [-0.4, -0.2) is 59.1 Å². The summed E-state index contributed by atoms with van der Waals surface area (Å²) in [4.78, 5) is 34.8. The summed E-state index contributed by atoms with van der Waals surface area (Å²) in [5, 5.41) is 10.1. The molecule has 1 aromatic rings. The van der Waals surface area contributed by atoms with Crippen LogP contribution in [0.2, 0.25) is 0 Å². The number of carbonyl (C=O) groups is 3. The van der Waals surface area contributed by atoms with Crippen molar-refractivity contribution in [1.29, 1.82) is 0 Å². The molecule has 0 radical (unpaired) electrons. The molecule has 1 aromatic carbocycles. The molecule has 1 saturated carbocycles. The highest BCUT2D eigenvalue weighted by Crippen LogP contribution is 2.29. The number of likely N-dealkylation sites (tertiary alicyclic amines) is 1. The number of nitrogens with one attached hydrogen (secondary N) is 1. The Morgan fingerprint density at radius 3 is 2.35 bits per heavy atom. The smallest absolute Gasteiger partial charge is 0.475 e. The van der Waals surface area contributed by atoms with Gasteiger partial charge in [-0.3, -0.25) is 9.59 Å². The molecule has 31 heavy (non-hydrogen) atoms. The van der Waals surface area contributed by atoms with E-state index >= 15 is 0 Å². The van der Waals surface area contributed by atoms with E-state index in [9.17, 15) is 27.2 Å². The van der Waals surface area contributed by atoms with Gasteiger partial charge in [-0.15, -0.1) is 0 Å². The van der Waals surface area contributed by atoms with Crippen LogP contribution in [0.5, 0.6) is 0 Å². The lowest BCUT2D eigenvalue weighted by Crippen LogP contribution is -2.40. The Labute approximate surface area is 176 Å². The molecule has 0 spiro atoms. The van der Waals surface area contributed by atoms with Crippen molar-refractivity contribution in [2.75, 3.05) is 13.1 Å². The zero-order valence-corrected chi connectivity index (χ0v) is 16.7. The molecule has 172 valence electrons. The van der Waals surface area contributed by atoms with E-state index < -0.39 is 18.2 Å². The third kappa shape index (κ3) is 8.16. The summed E-state index contributed by atoms with van der Waals surface area (Å²) in [6.45, 7) is 1.19. The number of aliphatic carboxylic acids is 1. The first-order chi connectivity index (χ1) is 14.5. The number of alkyl halides is 3. The van der Waals surface area contributed by atoms with E-state index in [-0.39, 0.29) is 36.0 Å². The van der Waals surface area contributed by atoms with Gasteiger partial charge < -0.3 is 21.1 Å². The lowest BCUT2D eigenvalue weighted by atomic mass is 10.0. The van der Waals surface area contributed by atoms with Crippen LogP contribution in [0.15, 0.2) is 24.3 Å². The number of carboxylic acid groups (broad SMARTS) is 1. The van der Waals surface area contributed by atoms with Gasteiger partial charge in [-0.2, -0.15) is 13.2 Å². The molecule has 3 rings (SSSR count). The molecule has 2 amide bonds. The minimum atomic E-state index is -5.08. The fourth-order valence-electron chi connectivity index (χ4n) is 3.14. The van der Waals surface area contributed by atoms with Crippen molar-refractivity contribution < 1.29 is 37.1 Å². The van der Waals surface area contributed by atoms with E-state index in [4.69, 9.17) is 15.6 Å². The van der Waals surface area contributed by atoms with Crippen molar-refractivity contribution >= 4 is 17.8 Å². The molecule has 1 saturated heterocycles. The summed E-state index contributed by atoms with van der Waals surface area (Å²) in [7, 11) is 0. The standard InChI is InChI=1S/C18H24FN3O2.C2HF3O2/c19-16-4-2-1-3-13(16)9-14(20)10-17(23)22-8-7-15(11-22)21-18(24)12-5-6-12;3-2(4,5)1(6)7/h1-4,12,14-15H,5-11,20H2,(H,21,24);(H,6,7)/t14-,15-;/m1./s1. The van der Waals surface area contributed by atoms with Crippen LogP contribution in [0.4, 0.5) is 17.6 Å². The van der Waals surface area contributed by atoms with Gasteiger partial charge >= 0.3 is 12.1 Å². The number of hydrogen-bond acceptors (Lipinski definition) is 4. The van der Waals surface area contributed by atoms with Crippen molar-refractivity contribution in [3.8, 4) is 0 Å². The second-order valence-corrected chi connectivity index (χ2v) is 7.67. The van der Waals surface area contributed by atoms with Crippen LogP contribution in [0.1, 0.15) is 31.2 Å². The third-order valence-corrected chi connectivity index (χ3v) is 4.95. The van der Waals surface area contributed by atoms with E-state index in [1.165, 1.54) is 6.07 Å². The van der Waals surface area contributed by atoms with Gasteiger partial charge in [0.15, 0.2) is 0 Å². The molecule has 2 fully saturated rings. The van der Waals surface area contributed by atoms with Crippen LogP contribution in [0, 0.1) is 11.7 Å². The Morgan fingerprint density at radius 1 is 1.19 bits per heavy atom. The molecule has 1 heterocycles. The van der Waals surface area contributed by atoms with Crippen LogP contribution in [0.3, 0.4) is 0 Å². The SMILES string of the molecule is N[C@@H](CC(=O)N1CC[C@@H](NC(=O)C2CC2)C1)Cc1ccccc1F.O=C(O)C(F)(F)F. The minimum Gasteiger partial charge on any atom is -0.475 e. The quantitative estimate of drug-likeness (QED) is 0.576. The number of carboxylic acids is 1. The summed E-state index contributed by atoms with van der Waals surface area (Å²) >= 11 is 0. The van der Waals surface area contributed by atoms with Crippen molar-refractivity contribution in [1.82, 2.24) is 10.2 Å². The maximum atomic E-state index is 13.6. The number of benzene rings is 1. The second-order valence-electron chi connectivity index (χ2n) is 7.67. The van der Waals surface area contributed by atoms with E-state index in [0.29, 0.717) is 25.1 Å². The first kappa shape index (κ1) is 24.6. The molecule has 1 aliphatic carbocycles. The highest BCUT2D eigenvalue weighted by Gasteiger charge is 2.38. The Balaban J connectivity index is 0.000000423.